The lowest BCUT2D eigenvalue weighted by molar-refractivity contribution is -0.0684. The number of morpholine rings is 1. The fourth-order valence-corrected chi connectivity index (χ4v) is 4.28. The van der Waals surface area contributed by atoms with Crippen LogP contribution in [0.3, 0.4) is 0 Å². The lowest BCUT2D eigenvalue weighted by Crippen LogP contribution is -2.51. The van der Waals surface area contributed by atoms with Gasteiger partial charge >= 0.3 is 0 Å². The molecule has 29 heavy (non-hydrogen) atoms. The van der Waals surface area contributed by atoms with Crippen molar-refractivity contribution in [2.75, 3.05) is 33.8 Å². The van der Waals surface area contributed by atoms with Crippen LogP contribution in [0.1, 0.15) is 33.2 Å². The van der Waals surface area contributed by atoms with E-state index < -0.39 is 0 Å². The largest absolute Gasteiger partial charge is 0.373 e. The van der Waals surface area contributed by atoms with Gasteiger partial charge in [0, 0.05) is 35.2 Å². The molecule has 2 heterocycles. The maximum atomic E-state index is 13.6. The van der Waals surface area contributed by atoms with E-state index >= 15 is 0 Å². The molecule has 0 unspecified atom stereocenters. The number of likely N-dealkylation sites (N-methyl/N-ethyl adjacent to an activating group) is 1. The first kappa shape index (κ1) is 19.7. The van der Waals surface area contributed by atoms with E-state index in [-0.39, 0.29) is 18.1 Å². The molecule has 0 saturated carbocycles. The van der Waals surface area contributed by atoms with Crippen molar-refractivity contribution in [2.24, 2.45) is 0 Å². The number of rotatable bonds is 4. The first-order valence-corrected chi connectivity index (χ1v) is 10.2. The number of aromatic nitrogens is 1. The second kappa shape index (κ2) is 8.01. The zero-order valence-corrected chi connectivity index (χ0v) is 17.6. The summed E-state index contributed by atoms with van der Waals surface area (Å²) in [4.78, 5) is 21.1. The lowest BCUT2D eigenvalue weighted by atomic mass is 9.96. The van der Waals surface area contributed by atoms with Gasteiger partial charge in [-0.1, -0.05) is 30.3 Å². The molecule has 0 bridgehead atoms. The van der Waals surface area contributed by atoms with Gasteiger partial charge in [0.05, 0.1) is 18.8 Å². The highest BCUT2D eigenvalue weighted by atomic mass is 16.5. The van der Waals surface area contributed by atoms with Crippen molar-refractivity contribution in [3.05, 3.63) is 70.9 Å². The molecule has 1 saturated heterocycles. The maximum Gasteiger partial charge on any atom is 0.254 e. The molecule has 1 amide bonds. The van der Waals surface area contributed by atoms with Crippen LogP contribution >= 0.6 is 0 Å². The summed E-state index contributed by atoms with van der Waals surface area (Å²) in [5.74, 6) is 0.0612. The molecule has 1 aromatic heterocycles. The molecule has 3 aromatic rings. The zero-order chi connectivity index (χ0) is 20.5. The van der Waals surface area contributed by atoms with E-state index in [1.165, 1.54) is 5.56 Å². The average molecular weight is 392 g/mol. The fourth-order valence-electron chi connectivity index (χ4n) is 4.28. The Balaban J connectivity index is 1.72. The molecule has 152 valence electrons. The predicted octanol–water partition coefficient (Wildman–Crippen LogP) is 3.93. The number of benzene rings is 2. The summed E-state index contributed by atoms with van der Waals surface area (Å²) in [5, 5.41) is 1.11. The van der Waals surface area contributed by atoms with E-state index in [4.69, 9.17) is 4.74 Å². The maximum absolute atomic E-state index is 13.6. The van der Waals surface area contributed by atoms with E-state index in [1.54, 1.807) is 0 Å². The van der Waals surface area contributed by atoms with Crippen molar-refractivity contribution in [1.29, 1.82) is 0 Å². The number of amides is 1. The number of fused-ring (bicyclic) bond motifs is 1. The van der Waals surface area contributed by atoms with E-state index in [1.807, 2.05) is 55.4 Å². The quantitative estimate of drug-likeness (QED) is 0.733. The van der Waals surface area contributed by atoms with Gasteiger partial charge in [-0.2, -0.15) is 0 Å². The summed E-state index contributed by atoms with van der Waals surface area (Å²) in [6, 6.07) is 16.1. The van der Waals surface area contributed by atoms with Crippen molar-refractivity contribution in [1.82, 2.24) is 14.8 Å². The normalized spacial score (nSPS) is 19.8. The van der Waals surface area contributed by atoms with E-state index in [2.05, 4.69) is 35.9 Å². The molecule has 4 rings (SSSR count). The standard InChI is InChI=1S/C24H29N3O2/c1-16-17(2)25-21-11-10-19(14-20(16)21)24(28)27-12-13-29-22(15-26(3)4)23(27)18-8-6-5-7-9-18/h5-11,14,22-23,25H,12-13,15H2,1-4H3/t22-,23-/m0/s1. The Hall–Kier alpha value is -2.63. The van der Waals surface area contributed by atoms with Crippen LogP contribution in [0.2, 0.25) is 0 Å². The summed E-state index contributed by atoms with van der Waals surface area (Å²) < 4.78 is 6.12. The van der Waals surface area contributed by atoms with Crippen molar-refractivity contribution < 1.29 is 9.53 Å². The molecule has 2 atom stereocenters. The highest BCUT2D eigenvalue weighted by Crippen LogP contribution is 2.32. The number of nitrogens with zero attached hydrogens (tertiary/aromatic N) is 2. The van der Waals surface area contributed by atoms with Gasteiger partial charge in [0.25, 0.3) is 5.91 Å². The molecule has 0 spiro atoms. The molecule has 5 heteroatoms. The summed E-state index contributed by atoms with van der Waals surface area (Å²) in [6.07, 6.45) is -0.0647. The Labute approximate surface area is 172 Å². The average Bonchev–Trinajstić information content (AvgIpc) is 3.01. The van der Waals surface area contributed by atoms with Gasteiger partial charge in [-0.3, -0.25) is 4.79 Å². The number of carbonyl (C=O) groups is 1. The van der Waals surface area contributed by atoms with Gasteiger partial charge in [-0.15, -0.1) is 0 Å². The van der Waals surface area contributed by atoms with Crippen LogP contribution in [-0.4, -0.2) is 60.6 Å². The van der Waals surface area contributed by atoms with Crippen molar-refractivity contribution in [3.8, 4) is 0 Å². The van der Waals surface area contributed by atoms with Crippen LogP contribution in [0.5, 0.6) is 0 Å². The Morgan fingerprint density at radius 1 is 1.17 bits per heavy atom. The van der Waals surface area contributed by atoms with Crippen LogP contribution in [-0.2, 0) is 4.74 Å². The van der Waals surface area contributed by atoms with E-state index in [9.17, 15) is 4.79 Å². The summed E-state index contributed by atoms with van der Waals surface area (Å²) in [5.41, 5.74) is 5.25. The summed E-state index contributed by atoms with van der Waals surface area (Å²) in [6.45, 7) is 6.06. The van der Waals surface area contributed by atoms with Gasteiger partial charge in [0.2, 0.25) is 0 Å². The SMILES string of the molecule is Cc1[nH]c2ccc(C(=O)N3CCO[C@@H](CN(C)C)[C@@H]3c3ccccc3)cc2c1C. The lowest BCUT2D eigenvalue weighted by Gasteiger charge is -2.42. The van der Waals surface area contributed by atoms with Gasteiger partial charge < -0.3 is 19.5 Å². The van der Waals surface area contributed by atoms with Crippen LogP contribution in [0.15, 0.2) is 48.5 Å². The molecule has 5 nitrogen and oxygen atoms in total. The molecule has 1 aliphatic heterocycles. The number of ether oxygens (including phenoxy) is 1. The molecule has 1 aliphatic rings. The molecule has 0 radical (unpaired) electrons. The van der Waals surface area contributed by atoms with Gasteiger partial charge in [0.1, 0.15) is 0 Å². The molecule has 1 fully saturated rings. The third-order valence-corrected chi connectivity index (χ3v) is 5.85. The zero-order valence-electron chi connectivity index (χ0n) is 17.6. The Morgan fingerprint density at radius 2 is 1.93 bits per heavy atom. The Kier molecular flexibility index (Phi) is 5.43. The third kappa shape index (κ3) is 3.80. The van der Waals surface area contributed by atoms with Crippen molar-refractivity contribution in [2.45, 2.75) is 26.0 Å². The van der Waals surface area contributed by atoms with Gasteiger partial charge in [-0.05, 0) is 57.3 Å². The molecular formula is C24H29N3O2. The highest BCUT2D eigenvalue weighted by molar-refractivity contribution is 5.99. The molecule has 1 N–H and O–H groups in total. The van der Waals surface area contributed by atoms with Gasteiger partial charge in [-0.25, -0.2) is 0 Å². The third-order valence-electron chi connectivity index (χ3n) is 5.85. The highest BCUT2D eigenvalue weighted by Gasteiger charge is 2.37. The fraction of sp³-hybridized carbons (Fsp3) is 0.375. The minimum Gasteiger partial charge on any atom is -0.373 e. The van der Waals surface area contributed by atoms with E-state index in [0.717, 1.165) is 34.3 Å². The number of hydrogen-bond acceptors (Lipinski definition) is 3. The predicted molar refractivity (Wildman–Crippen MR) is 116 cm³/mol. The summed E-state index contributed by atoms with van der Waals surface area (Å²) in [7, 11) is 4.08. The second-order valence-corrected chi connectivity index (χ2v) is 8.16. The number of H-pyrrole nitrogens is 1. The monoisotopic (exact) mass is 391 g/mol. The first-order valence-electron chi connectivity index (χ1n) is 10.2. The number of aromatic amines is 1. The van der Waals surface area contributed by atoms with Gasteiger partial charge in [0.15, 0.2) is 0 Å². The number of hydrogen-bond donors (Lipinski definition) is 1. The van der Waals surface area contributed by atoms with E-state index in [0.29, 0.717) is 13.2 Å². The van der Waals surface area contributed by atoms with Crippen molar-refractivity contribution in [3.63, 3.8) is 0 Å². The minimum atomic E-state index is -0.107. The van der Waals surface area contributed by atoms with Crippen LogP contribution < -0.4 is 0 Å². The van der Waals surface area contributed by atoms with Crippen LogP contribution in [0.25, 0.3) is 10.9 Å². The first-order chi connectivity index (χ1) is 14.0. The van der Waals surface area contributed by atoms with Crippen LogP contribution in [0, 0.1) is 13.8 Å². The smallest absolute Gasteiger partial charge is 0.254 e. The molecular weight excluding hydrogens is 362 g/mol. The minimum absolute atomic E-state index is 0.0612. The Morgan fingerprint density at radius 3 is 2.66 bits per heavy atom. The van der Waals surface area contributed by atoms with Crippen LogP contribution in [0.4, 0.5) is 0 Å². The number of carbonyl (C=O) groups excluding carboxylic acids is 1. The number of aryl methyl sites for hydroxylation is 2. The Bertz CT molecular complexity index is 1010. The topological polar surface area (TPSA) is 48.6 Å². The number of nitrogens with one attached hydrogen (secondary N) is 1. The summed E-state index contributed by atoms with van der Waals surface area (Å²) >= 11 is 0. The second-order valence-electron chi connectivity index (χ2n) is 8.16. The molecule has 2 aromatic carbocycles. The van der Waals surface area contributed by atoms with Crippen molar-refractivity contribution >= 4 is 16.8 Å². The molecule has 0 aliphatic carbocycles.